The maximum absolute atomic E-state index is 13.5. The Balaban J connectivity index is 1.47. The number of halogens is 1. The van der Waals surface area contributed by atoms with Gasteiger partial charge in [0.2, 0.25) is 11.8 Å². The van der Waals surface area contributed by atoms with E-state index in [1.165, 1.54) is 0 Å². The third-order valence-electron chi connectivity index (χ3n) is 6.10. The van der Waals surface area contributed by atoms with E-state index in [0.29, 0.717) is 16.4 Å². The van der Waals surface area contributed by atoms with Crippen LogP contribution in [0.2, 0.25) is 5.02 Å². The van der Waals surface area contributed by atoms with Gasteiger partial charge in [0.25, 0.3) is 0 Å². The maximum atomic E-state index is 13.5. The summed E-state index contributed by atoms with van der Waals surface area (Å²) in [6, 6.07) is 5.83. The van der Waals surface area contributed by atoms with Crippen molar-refractivity contribution in [3.8, 4) is 0 Å². The second-order valence-electron chi connectivity index (χ2n) is 8.84. The van der Waals surface area contributed by atoms with E-state index in [1.807, 2.05) is 32.0 Å². The molecule has 3 aliphatic heterocycles. The minimum Gasteiger partial charge on any atom is -0.314 e. The first-order chi connectivity index (χ1) is 14.1. The number of hydrogen-bond acceptors (Lipinski definition) is 7. The average Bonchev–Trinajstić information content (AvgIpc) is 3.33. The number of thioether (sulfide) groups is 1. The number of H-pyrrole nitrogens is 1. The van der Waals surface area contributed by atoms with Crippen LogP contribution in [0.3, 0.4) is 0 Å². The number of carbonyl (C=O) groups excluding carboxylic acids is 2. The molecule has 3 unspecified atom stereocenters. The molecule has 0 bridgehead atoms. The Hall–Kier alpha value is -2.17. The van der Waals surface area contributed by atoms with Gasteiger partial charge in [-0.05, 0) is 39.3 Å². The number of tetrazole rings is 1. The summed E-state index contributed by atoms with van der Waals surface area (Å²) in [6.07, 6.45) is 0. The molecule has 0 aliphatic carbocycles. The van der Waals surface area contributed by atoms with Crippen molar-refractivity contribution < 1.29 is 9.59 Å². The van der Waals surface area contributed by atoms with Crippen molar-refractivity contribution in [1.82, 2.24) is 35.7 Å². The van der Waals surface area contributed by atoms with Crippen molar-refractivity contribution in [3.63, 3.8) is 0 Å². The number of rotatable bonds is 3. The van der Waals surface area contributed by atoms with E-state index >= 15 is 0 Å². The maximum Gasteiger partial charge on any atom is 0.250 e. The van der Waals surface area contributed by atoms with Gasteiger partial charge < -0.3 is 9.80 Å². The van der Waals surface area contributed by atoms with Crippen molar-refractivity contribution in [2.24, 2.45) is 0 Å². The van der Waals surface area contributed by atoms with Crippen LogP contribution in [0.5, 0.6) is 0 Å². The number of aromatic amines is 1. The molecule has 1 aromatic heterocycles. The Bertz CT molecular complexity index is 1030. The number of benzene rings is 1. The standard InChI is InChI=1S/C19H22ClN7O2S/c1-18(2)13(14-22-24-25-23-14)26-16(29)12(17(26)30-18)27-15(28)11(21-19(27,3)4)9-7-5-6-8-10(9)20/h5-8,11-13,17,21H,1-4H3,(H,22,23,24,25)/t11?,12?,13?,17-/m1/s1. The highest BCUT2D eigenvalue weighted by Crippen LogP contribution is 2.58. The number of nitrogens with zero attached hydrogens (tertiary/aromatic N) is 5. The number of aromatic nitrogens is 4. The number of nitrogens with one attached hydrogen (secondary N) is 2. The third kappa shape index (κ3) is 2.63. The first-order valence-corrected chi connectivity index (χ1v) is 11.0. The fourth-order valence-electron chi connectivity index (χ4n) is 4.84. The fourth-order valence-corrected chi connectivity index (χ4v) is 6.76. The van der Waals surface area contributed by atoms with Gasteiger partial charge in [-0.2, -0.15) is 5.21 Å². The van der Waals surface area contributed by atoms with E-state index in [9.17, 15) is 9.59 Å². The Morgan fingerprint density at radius 3 is 2.53 bits per heavy atom. The van der Waals surface area contributed by atoms with Gasteiger partial charge in [-0.15, -0.1) is 22.0 Å². The molecule has 2 amide bonds. The number of hydrogen-bond donors (Lipinski definition) is 2. The molecule has 1 aromatic carbocycles. The SMILES string of the molecule is CC1(C)S[C@@H]2C(N3C(=O)C(c4ccccc4Cl)NC3(C)C)C(=O)N2C1c1nn[nH]n1. The zero-order valence-electron chi connectivity index (χ0n) is 17.0. The zero-order chi connectivity index (χ0) is 21.4. The van der Waals surface area contributed by atoms with Crippen LogP contribution in [0.4, 0.5) is 0 Å². The highest BCUT2D eigenvalue weighted by Gasteiger charge is 2.67. The second kappa shape index (κ2) is 6.41. The van der Waals surface area contributed by atoms with Crippen LogP contribution in [0.1, 0.15) is 51.2 Å². The zero-order valence-corrected chi connectivity index (χ0v) is 18.5. The molecule has 5 rings (SSSR count). The summed E-state index contributed by atoms with van der Waals surface area (Å²) in [6.45, 7) is 7.95. The lowest BCUT2D eigenvalue weighted by molar-refractivity contribution is -0.165. The van der Waals surface area contributed by atoms with Crippen LogP contribution in [0, 0.1) is 0 Å². The van der Waals surface area contributed by atoms with Gasteiger partial charge in [-0.25, -0.2) is 0 Å². The molecular formula is C19H22ClN7O2S. The number of fused-ring (bicyclic) bond motifs is 1. The lowest BCUT2D eigenvalue weighted by Crippen LogP contribution is -2.71. The molecule has 4 heterocycles. The van der Waals surface area contributed by atoms with E-state index in [2.05, 4.69) is 39.8 Å². The Kier molecular flexibility index (Phi) is 4.23. The van der Waals surface area contributed by atoms with E-state index in [1.54, 1.807) is 27.6 Å². The summed E-state index contributed by atoms with van der Waals surface area (Å²) in [7, 11) is 0. The molecule has 0 radical (unpaired) electrons. The molecule has 2 N–H and O–H groups in total. The number of amides is 2. The molecule has 4 atom stereocenters. The van der Waals surface area contributed by atoms with Gasteiger partial charge in [-0.1, -0.05) is 35.0 Å². The molecular weight excluding hydrogens is 426 g/mol. The quantitative estimate of drug-likeness (QED) is 0.691. The highest BCUT2D eigenvalue weighted by atomic mass is 35.5. The summed E-state index contributed by atoms with van der Waals surface area (Å²) in [5, 5.41) is 18.1. The monoisotopic (exact) mass is 447 g/mol. The van der Waals surface area contributed by atoms with E-state index in [0.717, 1.165) is 0 Å². The van der Waals surface area contributed by atoms with Gasteiger partial charge in [-0.3, -0.25) is 14.9 Å². The smallest absolute Gasteiger partial charge is 0.250 e. The summed E-state index contributed by atoms with van der Waals surface area (Å²) in [5.41, 5.74) is 0.00915. The third-order valence-corrected chi connectivity index (χ3v) is 8.00. The lowest BCUT2D eigenvalue weighted by Gasteiger charge is -2.50. The largest absolute Gasteiger partial charge is 0.314 e. The van der Waals surface area contributed by atoms with Crippen LogP contribution in [-0.2, 0) is 9.59 Å². The van der Waals surface area contributed by atoms with E-state index in [-0.39, 0.29) is 28.0 Å². The van der Waals surface area contributed by atoms with Gasteiger partial charge in [0.05, 0.1) is 5.66 Å². The van der Waals surface area contributed by atoms with Crippen molar-refractivity contribution in [1.29, 1.82) is 0 Å². The Morgan fingerprint density at radius 1 is 1.13 bits per heavy atom. The molecule has 3 aliphatic rings. The highest BCUT2D eigenvalue weighted by molar-refractivity contribution is 8.01. The minimum absolute atomic E-state index is 0.101. The van der Waals surface area contributed by atoms with Crippen LogP contribution in [0.15, 0.2) is 24.3 Å². The first-order valence-electron chi connectivity index (χ1n) is 9.72. The summed E-state index contributed by atoms with van der Waals surface area (Å²) >= 11 is 8.02. The summed E-state index contributed by atoms with van der Waals surface area (Å²) in [5.74, 6) is 0.240. The van der Waals surface area contributed by atoms with Crippen LogP contribution in [0.25, 0.3) is 0 Å². The second-order valence-corrected chi connectivity index (χ2v) is 11.0. The van der Waals surface area contributed by atoms with Crippen molar-refractivity contribution >= 4 is 35.2 Å². The van der Waals surface area contributed by atoms with Gasteiger partial charge >= 0.3 is 0 Å². The fraction of sp³-hybridized carbons (Fsp3) is 0.526. The molecule has 0 saturated carbocycles. The van der Waals surface area contributed by atoms with Crippen LogP contribution < -0.4 is 5.32 Å². The summed E-state index contributed by atoms with van der Waals surface area (Å²) in [4.78, 5) is 30.3. The molecule has 3 fully saturated rings. The molecule has 11 heteroatoms. The number of β-lactam (4-membered cyclic amide) rings is 1. The lowest BCUT2D eigenvalue weighted by atomic mass is 9.93. The van der Waals surface area contributed by atoms with Gasteiger partial charge in [0.1, 0.15) is 23.5 Å². The Labute approximate surface area is 182 Å². The van der Waals surface area contributed by atoms with Crippen LogP contribution >= 0.6 is 23.4 Å². The summed E-state index contributed by atoms with van der Waals surface area (Å²) < 4.78 is -0.318. The van der Waals surface area contributed by atoms with E-state index < -0.39 is 17.7 Å². The Morgan fingerprint density at radius 2 is 1.87 bits per heavy atom. The van der Waals surface area contributed by atoms with Crippen LogP contribution in [-0.4, -0.2) is 64.1 Å². The molecule has 30 heavy (non-hydrogen) atoms. The first kappa shape index (κ1) is 19.8. The predicted octanol–water partition coefficient (Wildman–Crippen LogP) is 1.87. The molecule has 0 spiro atoms. The van der Waals surface area contributed by atoms with Crippen molar-refractivity contribution in [2.45, 2.75) is 61.6 Å². The molecule has 9 nitrogen and oxygen atoms in total. The van der Waals surface area contributed by atoms with Crippen molar-refractivity contribution in [3.05, 3.63) is 40.7 Å². The van der Waals surface area contributed by atoms with Gasteiger partial charge in [0.15, 0.2) is 5.82 Å². The van der Waals surface area contributed by atoms with E-state index in [4.69, 9.17) is 11.6 Å². The molecule has 158 valence electrons. The predicted molar refractivity (Wildman–Crippen MR) is 111 cm³/mol. The topological polar surface area (TPSA) is 107 Å². The minimum atomic E-state index is -0.706. The van der Waals surface area contributed by atoms with Gasteiger partial charge in [0, 0.05) is 9.77 Å². The average molecular weight is 448 g/mol. The normalized spacial score (nSPS) is 31.8. The van der Waals surface area contributed by atoms with Crippen molar-refractivity contribution in [2.75, 3.05) is 0 Å². The molecule has 2 aromatic rings. The molecule has 3 saturated heterocycles. The number of carbonyl (C=O) groups is 2.